The zero-order valence-corrected chi connectivity index (χ0v) is 68.0. The van der Waals surface area contributed by atoms with Gasteiger partial charge in [-0.1, -0.05) is 382 Å². The van der Waals surface area contributed by atoms with Crippen molar-refractivity contribution in [3.63, 3.8) is 0 Å². The molecule has 0 heterocycles. The Kier molecular flexibility index (Phi) is 72.2. The minimum Gasteiger partial charge on any atom is -0.462 e. The second kappa shape index (κ2) is 73.6. The lowest BCUT2D eigenvalue weighted by Crippen LogP contribution is -2.30. The third kappa shape index (κ3) is 74.7. The summed E-state index contributed by atoms with van der Waals surface area (Å²) >= 11 is 0. The Morgan fingerprint density at radius 2 is 0.505 bits per heavy atom. The summed E-state index contributed by atoms with van der Waals surface area (Å²) in [5.41, 5.74) is 0. The Bertz CT molecular complexity index is 1940. The van der Waals surface area contributed by atoms with Crippen LogP contribution in [-0.2, 0) is 65.4 Å². The molecule has 0 rings (SSSR count). The molecule has 0 aliphatic rings. The van der Waals surface area contributed by atoms with Crippen molar-refractivity contribution in [2.45, 2.75) is 452 Å². The number of phosphoric ester groups is 2. The lowest BCUT2D eigenvalue weighted by atomic mass is 9.99. The number of hydrogen-bond donors (Lipinski definition) is 3. The average Bonchev–Trinajstić information content (AvgIpc) is 1.02. The number of aliphatic hydroxyl groups is 1. The SMILES string of the molecule is CCCCCCCCCCCCCCCCCCCCC(=O)O[C@H](COC(=O)CCCCCCCCCCCCCCCCCC)COP(=O)(O)OC[C@@H](O)COP(=O)(O)OC[C@@H](COC(=O)CCCCCCCCCCCCC(C)C)OC(=O)CCCCCCCCCCCCC(C)CC. The van der Waals surface area contributed by atoms with Crippen LogP contribution in [-0.4, -0.2) is 96.7 Å². The van der Waals surface area contributed by atoms with Crippen molar-refractivity contribution in [1.82, 2.24) is 0 Å². The van der Waals surface area contributed by atoms with E-state index in [2.05, 4.69) is 41.5 Å². The summed E-state index contributed by atoms with van der Waals surface area (Å²) in [6.07, 6.45) is 63.7. The summed E-state index contributed by atoms with van der Waals surface area (Å²) in [5, 5.41) is 10.7. The molecular weight excluding hydrogens is 1320 g/mol. The van der Waals surface area contributed by atoms with Crippen LogP contribution in [0.2, 0.25) is 0 Å². The third-order valence-electron chi connectivity index (χ3n) is 19.6. The van der Waals surface area contributed by atoms with E-state index in [9.17, 15) is 43.2 Å². The Balaban J connectivity index is 5.27. The first kappa shape index (κ1) is 99.1. The number of rotatable bonds is 81. The van der Waals surface area contributed by atoms with Crippen LogP contribution < -0.4 is 0 Å². The molecule has 19 heteroatoms. The Morgan fingerprint density at radius 1 is 0.287 bits per heavy atom. The molecule has 0 aliphatic carbocycles. The van der Waals surface area contributed by atoms with Gasteiger partial charge in [0.05, 0.1) is 26.4 Å². The van der Waals surface area contributed by atoms with Crippen molar-refractivity contribution in [3.8, 4) is 0 Å². The first-order valence-electron chi connectivity index (χ1n) is 42.5. The van der Waals surface area contributed by atoms with E-state index in [1.54, 1.807) is 0 Å². The van der Waals surface area contributed by atoms with E-state index in [4.69, 9.17) is 37.0 Å². The quantitative estimate of drug-likeness (QED) is 0.0222. The minimum absolute atomic E-state index is 0.106. The van der Waals surface area contributed by atoms with Crippen molar-refractivity contribution in [1.29, 1.82) is 0 Å². The van der Waals surface area contributed by atoms with Gasteiger partial charge in [-0.3, -0.25) is 37.3 Å². The number of carbonyl (C=O) groups excluding carboxylic acids is 4. The molecule has 6 atom stereocenters. The summed E-state index contributed by atoms with van der Waals surface area (Å²) in [6, 6.07) is 0. The van der Waals surface area contributed by atoms with Crippen molar-refractivity contribution in [2.24, 2.45) is 11.8 Å². The van der Waals surface area contributed by atoms with Crippen molar-refractivity contribution in [2.75, 3.05) is 39.6 Å². The average molecular weight is 1480 g/mol. The molecule has 3 unspecified atom stereocenters. The number of ether oxygens (including phenoxy) is 4. The number of aliphatic hydroxyl groups excluding tert-OH is 1. The summed E-state index contributed by atoms with van der Waals surface area (Å²) < 4.78 is 68.8. The fourth-order valence-corrected chi connectivity index (χ4v) is 14.3. The fraction of sp³-hybridized carbons (Fsp3) is 0.951. The van der Waals surface area contributed by atoms with E-state index in [0.717, 1.165) is 102 Å². The van der Waals surface area contributed by atoms with Crippen LogP contribution in [0.1, 0.15) is 433 Å². The van der Waals surface area contributed by atoms with Crippen molar-refractivity contribution in [3.05, 3.63) is 0 Å². The highest BCUT2D eigenvalue weighted by Gasteiger charge is 2.30. The van der Waals surface area contributed by atoms with E-state index < -0.39 is 97.5 Å². The monoisotopic (exact) mass is 1480 g/mol. The zero-order valence-electron chi connectivity index (χ0n) is 66.2. The topological polar surface area (TPSA) is 237 Å². The van der Waals surface area contributed by atoms with Gasteiger partial charge in [-0.15, -0.1) is 0 Å². The van der Waals surface area contributed by atoms with Gasteiger partial charge in [0.2, 0.25) is 0 Å². The molecule has 0 aromatic carbocycles. The number of unbranched alkanes of at least 4 members (excludes halogenated alkanes) is 50. The molecule has 600 valence electrons. The first-order chi connectivity index (χ1) is 48.9. The van der Waals surface area contributed by atoms with Crippen LogP contribution in [0.4, 0.5) is 0 Å². The van der Waals surface area contributed by atoms with Crippen molar-refractivity contribution < 1.29 is 80.2 Å². The smallest absolute Gasteiger partial charge is 0.462 e. The summed E-state index contributed by atoms with van der Waals surface area (Å²) in [6.45, 7) is 9.67. The maximum Gasteiger partial charge on any atom is 0.472 e. The van der Waals surface area contributed by atoms with Crippen LogP contribution in [0.3, 0.4) is 0 Å². The minimum atomic E-state index is -4.96. The van der Waals surface area contributed by atoms with Gasteiger partial charge >= 0.3 is 39.5 Å². The lowest BCUT2D eigenvalue weighted by Gasteiger charge is -2.21. The predicted octanol–water partition coefficient (Wildman–Crippen LogP) is 24.7. The Hall–Kier alpha value is -1.94. The van der Waals surface area contributed by atoms with Crippen LogP contribution in [0, 0.1) is 11.8 Å². The first-order valence-corrected chi connectivity index (χ1v) is 45.5. The van der Waals surface area contributed by atoms with Gasteiger partial charge in [0.1, 0.15) is 19.3 Å². The van der Waals surface area contributed by atoms with Crippen molar-refractivity contribution >= 4 is 39.5 Å². The van der Waals surface area contributed by atoms with Crippen LogP contribution >= 0.6 is 15.6 Å². The molecule has 0 saturated heterocycles. The molecule has 0 radical (unpaired) electrons. The van der Waals surface area contributed by atoms with E-state index in [0.29, 0.717) is 25.7 Å². The summed E-state index contributed by atoms with van der Waals surface area (Å²) in [7, 11) is -9.92. The molecule has 0 aromatic heterocycles. The second-order valence-electron chi connectivity index (χ2n) is 30.2. The van der Waals surface area contributed by atoms with Gasteiger partial charge in [-0.25, -0.2) is 9.13 Å². The molecule has 3 N–H and O–H groups in total. The molecule has 0 saturated carbocycles. The van der Waals surface area contributed by atoms with Gasteiger partial charge < -0.3 is 33.8 Å². The Labute approximate surface area is 619 Å². The van der Waals surface area contributed by atoms with E-state index in [1.807, 2.05) is 0 Å². The Morgan fingerprint density at radius 3 is 0.752 bits per heavy atom. The number of hydrogen-bond acceptors (Lipinski definition) is 15. The number of phosphoric acid groups is 2. The third-order valence-corrected chi connectivity index (χ3v) is 21.5. The molecule has 0 fully saturated rings. The normalized spacial score (nSPS) is 14.2. The zero-order chi connectivity index (χ0) is 74.2. The van der Waals surface area contributed by atoms with Gasteiger partial charge in [-0.2, -0.15) is 0 Å². The van der Waals surface area contributed by atoms with Crippen LogP contribution in [0.25, 0.3) is 0 Å². The van der Waals surface area contributed by atoms with Crippen LogP contribution in [0.15, 0.2) is 0 Å². The molecule has 0 aliphatic heterocycles. The highest BCUT2D eigenvalue weighted by molar-refractivity contribution is 7.47. The van der Waals surface area contributed by atoms with E-state index in [-0.39, 0.29) is 25.7 Å². The lowest BCUT2D eigenvalue weighted by molar-refractivity contribution is -0.161. The molecular formula is C82H160O17P2. The number of esters is 4. The standard InChI is InChI=1S/C82H160O17P2/c1-7-10-12-14-16-18-20-22-24-26-27-29-31-33-42-48-54-60-66-81(86)98-77(70-92-79(84)64-58-52-46-40-32-30-28-25-23-21-19-17-15-13-11-8-2)72-96-100(88,89)94-68-76(83)69-95-101(90,91)97-73-78(71-93-80(85)65-59-53-47-41-36-34-38-44-50-56-62-74(4)5)99-82(87)67-61-55-49-43-37-35-39-45-51-57-63-75(6)9-3/h74-78,83H,7-73H2,1-6H3,(H,88,89)(H,90,91)/t75?,76-,77-,78-/m1/s1. The fourth-order valence-electron chi connectivity index (χ4n) is 12.7. The highest BCUT2D eigenvalue weighted by Crippen LogP contribution is 2.45. The number of carbonyl (C=O) groups is 4. The van der Waals surface area contributed by atoms with Gasteiger partial charge in [-0.05, 0) is 37.5 Å². The van der Waals surface area contributed by atoms with Gasteiger partial charge in [0, 0.05) is 25.7 Å². The van der Waals surface area contributed by atoms with Gasteiger partial charge in [0.15, 0.2) is 12.2 Å². The molecule has 17 nitrogen and oxygen atoms in total. The maximum absolute atomic E-state index is 13.1. The second-order valence-corrected chi connectivity index (χ2v) is 33.1. The maximum atomic E-state index is 13.1. The summed E-state index contributed by atoms with van der Waals surface area (Å²) in [5.74, 6) is -0.544. The molecule has 0 bridgehead atoms. The van der Waals surface area contributed by atoms with Crippen LogP contribution in [0.5, 0.6) is 0 Å². The van der Waals surface area contributed by atoms with E-state index in [1.165, 1.54) is 250 Å². The summed E-state index contributed by atoms with van der Waals surface area (Å²) in [4.78, 5) is 73.1. The predicted molar refractivity (Wildman–Crippen MR) is 414 cm³/mol. The molecule has 0 spiro atoms. The molecule has 101 heavy (non-hydrogen) atoms. The largest absolute Gasteiger partial charge is 0.472 e. The van der Waals surface area contributed by atoms with E-state index >= 15 is 0 Å². The molecule has 0 amide bonds. The van der Waals surface area contributed by atoms with Gasteiger partial charge in [0.25, 0.3) is 0 Å². The highest BCUT2D eigenvalue weighted by atomic mass is 31.2. The molecule has 0 aromatic rings.